The van der Waals surface area contributed by atoms with E-state index in [0.717, 1.165) is 41.6 Å². The SMILES string of the molecule is CCCCc1oc2ccccc2c1/C=N\NC(=O)Cn1ccccc1=O. The number of carbonyl (C=O) groups is 1. The van der Waals surface area contributed by atoms with Gasteiger partial charge in [-0.15, -0.1) is 0 Å². The van der Waals surface area contributed by atoms with Crippen LogP contribution in [0.25, 0.3) is 11.0 Å². The van der Waals surface area contributed by atoms with Crippen LogP contribution in [0.3, 0.4) is 0 Å². The topological polar surface area (TPSA) is 76.6 Å². The van der Waals surface area contributed by atoms with Gasteiger partial charge in [0.1, 0.15) is 17.9 Å². The van der Waals surface area contributed by atoms with Crippen molar-refractivity contribution < 1.29 is 9.21 Å². The van der Waals surface area contributed by atoms with Gasteiger partial charge in [-0.25, -0.2) is 5.43 Å². The van der Waals surface area contributed by atoms with E-state index in [9.17, 15) is 9.59 Å². The summed E-state index contributed by atoms with van der Waals surface area (Å²) in [6, 6.07) is 12.5. The van der Waals surface area contributed by atoms with Gasteiger partial charge in [0.05, 0.1) is 6.21 Å². The normalized spacial score (nSPS) is 11.3. The van der Waals surface area contributed by atoms with E-state index in [1.807, 2.05) is 24.3 Å². The van der Waals surface area contributed by atoms with Gasteiger partial charge in [-0.1, -0.05) is 37.6 Å². The molecule has 134 valence electrons. The predicted octanol–water partition coefficient (Wildman–Crippen LogP) is 3.09. The third-order valence-corrected chi connectivity index (χ3v) is 4.06. The molecule has 0 unspecified atom stereocenters. The van der Waals surface area contributed by atoms with Crippen LogP contribution in [0.4, 0.5) is 0 Å². The van der Waals surface area contributed by atoms with Crippen molar-refractivity contribution in [2.24, 2.45) is 5.10 Å². The molecule has 2 heterocycles. The molecule has 0 spiro atoms. The highest BCUT2D eigenvalue weighted by atomic mass is 16.3. The number of aryl methyl sites for hydroxylation is 1. The van der Waals surface area contributed by atoms with Crippen molar-refractivity contribution in [3.05, 3.63) is 70.3 Å². The molecule has 3 rings (SSSR count). The second-order valence-corrected chi connectivity index (χ2v) is 6.00. The van der Waals surface area contributed by atoms with E-state index in [1.54, 1.807) is 24.5 Å². The zero-order valence-corrected chi connectivity index (χ0v) is 14.6. The fraction of sp³-hybridized carbons (Fsp3) is 0.250. The Morgan fingerprint density at radius 1 is 1.23 bits per heavy atom. The first-order chi connectivity index (χ1) is 12.7. The smallest absolute Gasteiger partial charge is 0.260 e. The zero-order valence-electron chi connectivity index (χ0n) is 14.6. The van der Waals surface area contributed by atoms with Gasteiger partial charge in [-0.05, 0) is 18.6 Å². The van der Waals surface area contributed by atoms with Crippen LogP contribution in [0.15, 0.2) is 63.0 Å². The van der Waals surface area contributed by atoms with E-state index in [-0.39, 0.29) is 18.0 Å². The van der Waals surface area contributed by atoms with Crippen LogP contribution in [0.1, 0.15) is 31.1 Å². The number of amides is 1. The van der Waals surface area contributed by atoms with Gasteiger partial charge in [0.2, 0.25) is 0 Å². The van der Waals surface area contributed by atoms with Gasteiger partial charge < -0.3 is 8.98 Å². The van der Waals surface area contributed by atoms with Gasteiger partial charge in [-0.2, -0.15) is 5.10 Å². The number of aromatic nitrogens is 1. The summed E-state index contributed by atoms with van der Waals surface area (Å²) in [5, 5.41) is 5.03. The van der Waals surface area contributed by atoms with Crippen molar-refractivity contribution in [2.45, 2.75) is 32.7 Å². The zero-order chi connectivity index (χ0) is 18.4. The van der Waals surface area contributed by atoms with Gasteiger partial charge >= 0.3 is 0 Å². The summed E-state index contributed by atoms with van der Waals surface area (Å²) in [7, 11) is 0. The number of carbonyl (C=O) groups excluding carboxylic acids is 1. The molecule has 0 aliphatic heterocycles. The first-order valence-electron chi connectivity index (χ1n) is 8.67. The number of hydrogen-bond donors (Lipinski definition) is 1. The molecule has 3 aromatic rings. The molecule has 6 nitrogen and oxygen atoms in total. The number of fused-ring (bicyclic) bond motifs is 1. The maximum Gasteiger partial charge on any atom is 0.260 e. The van der Waals surface area contributed by atoms with Crippen LogP contribution >= 0.6 is 0 Å². The third kappa shape index (κ3) is 4.08. The van der Waals surface area contributed by atoms with Crippen LogP contribution in [-0.2, 0) is 17.8 Å². The van der Waals surface area contributed by atoms with Crippen LogP contribution in [0, 0.1) is 0 Å². The minimum atomic E-state index is -0.363. The summed E-state index contributed by atoms with van der Waals surface area (Å²) in [4.78, 5) is 23.6. The lowest BCUT2D eigenvalue weighted by molar-refractivity contribution is -0.121. The number of unbranched alkanes of at least 4 members (excludes halogenated alkanes) is 1. The number of benzene rings is 1. The first kappa shape index (κ1) is 17.7. The van der Waals surface area contributed by atoms with Crippen LogP contribution in [0.2, 0.25) is 0 Å². The highest BCUT2D eigenvalue weighted by Crippen LogP contribution is 2.25. The second kappa shape index (κ2) is 8.29. The van der Waals surface area contributed by atoms with Crippen molar-refractivity contribution in [1.82, 2.24) is 9.99 Å². The average Bonchev–Trinajstić information content (AvgIpc) is 3.00. The highest BCUT2D eigenvalue weighted by molar-refractivity contribution is 5.99. The molecule has 0 saturated heterocycles. The highest BCUT2D eigenvalue weighted by Gasteiger charge is 2.12. The number of nitrogens with zero attached hydrogens (tertiary/aromatic N) is 2. The van der Waals surface area contributed by atoms with Gasteiger partial charge in [0, 0.05) is 29.6 Å². The summed E-state index contributed by atoms with van der Waals surface area (Å²) >= 11 is 0. The minimum absolute atomic E-state index is 0.0775. The molecule has 26 heavy (non-hydrogen) atoms. The number of hydrazone groups is 1. The van der Waals surface area contributed by atoms with Gasteiger partial charge in [-0.3, -0.25) is 9.59 Å². The lowest BCUT2D eigenvalue weighted by Gasteiger charge is -2.03. The van der Waals surface area contributed by atoms with E-state index in [0.29, 0.717) is 0 Å². The van der Waals surface area contributed by atoms with Crippen LogP contribution in [-0.4, -0.2) is 16.7 Å². The number of nitrogens with one attached hydrogen (secondary N) is 1. The van der Waals surface area contributed by atoms with Crippen LogP contribution < -0.4 is 11.0 Å². The molecule has 2 aromatic heterocycles. The number of pyridine rings is 1. The Morgan fingerprint density at radius 2 is 2.04 bits per heavy atom. The maximum absolute atomic E-state index is 12.0. The summed E-state index contributed by atoms with van der Waals surface area (Å²) in [5.41, 5.74) is 3.93. The van der Waals surface area contributed by atoms with E-state index < -0.39 is 0 Å². The van der Waals surface area contributed by atoms with Crippen molar-refractivity contribution in [2.75, 3.05) is 0 Å². The molecule has 0 aliphatic carbocycles. The first-order valence-corrected chi connectivity index (χ1v) is 8.67. The molecule has 0 atom stereocenters. The Bertz CT molecular complexity index is 985. The van der Waals surface area contributed by atoms with E-state index in [4.69, 9.17) is 4.42 Å². The summed E-state index contributed by atoms with van der Waals surface area (Å²) in [5.74, 6) is 0.503. The summed E-state index contributed by atoms with van der Waals surface area (Å²) in [6.45, 7) is 2.05. The Balaban J connectivity index is 1.74. The number of para-hydroxylation sites is 1. The molecule has 1 amide bonds. The molecular formula is C20H21N3O3. The Hall–Kier alpha value is -3.15. The second-order valence-electron chi connectivity index (χ2n) is 6.00. The average molecular weight is 351 g/mol. The largest absolute Gasteiger partial charge is 0.460 e. The lowest BCUT2D eigenvalue weighted by atomic mass is 10.1. The molecular weight excluding hydrogens is 330 g/mol. The van der Waals surface area contributed by atoms with Crippen molar-refractivity contribution >= 4 is 23.1 Å². The summed E-state index contributed by atoms with van der Waals surface area (Å²) < 4.78 is 7.24. The molecule has 0 radical (unpaired) electrons. The molecule has 0 aliphatic rings. The molecule has 1 N–H and O–H groups in total. The standard InChI is InChI=1S/C20H21N3O3/c1-2-3-9-18-16(15-8-4-5-10-17(15)26-18)13-21-22-19(24)14-23-12-7-6-11-20(23)25/h4-8,10-13H,2-3,9,14H2,1H3,(H,22,24)/b21-13-. The molecule has 1 aromatic carbocycles. The van der Waals surface area contributed by atoms with Crippen LogP contribution in [0.5, 0.6) is 0 Å². The number of furan rings is 1. The fourth-order valence-corrected chi connectivity index (χ4v) is 2.73. The van der Waals surface area contributed by atoms with E-state index in [1.165, 1.54) is 10.6 Å². The van der Waals surface area contributed by atoms with Gasteiger partial charge in [0.25, 0.3) is 11.5 Å². The lowest BCUT2D eigenvalue weighted by Crippen LogP contribution is -2.29. The molecule has 6 heteroatoms. The number of hydrogen-bond acceptors (Lipinski definition) is 4. The predicted molar refractivity (Wildman–Crippen MR) is 101 cm³/mol. The number of rotatable bonds is 7. The summed E-state index contributed by atoms with van der Waals surface area (Å²) in [6.07, 6.45) is 6.08. The fourth-order valence-electron chi connectivity index (χ4n) is 2.73. The van der Waals surface area contributed by atoms with Crippen molar-refractivity contribution in [3.63, 3.8) is 0 Å². The molecule has 0 fully saturated rings. The quantitative estimate of drug-likeness (QED) is 0.525. The van der Waals surface area contributed by atoms with Crippen molar-refractivity contribution in [3.8, 4) is 0 Å². The Kier molecular flexibility index (Phi) is 5.63. The van der Waals surface area contributed by atoms with Gasteiger partial charge in [0.15, 0.2) is 0 Å². The molecule has 0 saturated carbocycles. The van der Waals surface area contributed by atoms with E-state index in [2.05, 4.69) is 17.5 Å². The third-order valence-electron chi connectivity index (χ3n) is 4.06. The maximum atomic E-state index is 12.0. The Morgan fingerprint density at radius 3 is 2.85 bits per heavy atom. The van der Waals surface area contributed by atoms with Crippen molar-refractivity contribution in [1.29, 1.82) is 0 Å². The monoisotopic (exact) mass is 351 g/mol. The molecule has 0 bridgehead atoms. The minimum Gasteiger partial charge on any atom is -0.460 e. The Labute approximate surface area is 151 Å². The van der Waals surface area contributed by atoms with E-state index >= 15 is 0 Å².